The van der Waals surface area contributed by atoms with Crippen molar-refractivity contribution in [2.75, 3.05) is 7.05 Å². The molecule has 2 aromatic heterocycles. The first-order valence-corrected chi connectivity index (χ1v) is 6.96. The molecule has 1 atom stereocenters. The summed E-state index contributed by atoms with van der Waals surface area (Å²) in [6.07, 6.45) is 4.07. The van der Waals surface area contributed by atoms with E-state index in [1.54, 1.807) is 13.2 Å². The summed E-state index contributed by atoms with van der Waals surface area (Å²) in [6, 6.07) is 14.1. The maximum atomic E-state index is 11.8. The number of carbonyl (C=O) groups excluding carboxylic acids is 1. The first kappa shape index (κ1) is 13.4. The van der Waals surface area contributed by atoms with E-state index in [0.717, 1.165) is 16.8 Å². The molecule has 0 bridgehead atoms. The fourth-order valence-corrected chi connectivity index (χ4v) is 2.54. The van der Waals surface area contributed by atoms with E-state index in [4.69, 9.17) is 0 Å². The standard InChI is InChI=1S/C17H17N3O/c1-18-17(21)11-14(15-4-2-3-8-19-15)13-6-5-12-7-9-20-16(12)10-13/h2-10,14,20H,11H2,1H3,(H,18,21). The number of benzene rings is 1. The van der Waals surface area contributed by atoms with Crippen LogP contribution in [0.5, 0.6) is 0 Å². The lowest BCUT2D eigenvalue weighted by atomic mass is 9.91. The molecule has 21 heavy (non-hydrogen) atoms. The van der Waals surface area contributed by atoms with Crippen molar-refractivity contribution in [3.8, 4) is 0 Å². The minimum Gasteiger partial charge on any atom is -0.361 e. The zero-order valence-electron chi connectivity index (χ0n) is 11.8. The summed E-state index contributed by atoms with van der Waals surface area (Å²) in [6.45, 7) is 0. The number of amides is 1. The number of pyridine rings is 1. The van der Waals surface area contributed by atoms with Crippen molar-refractivity contribution in [2.45, 2.75) is 12.3 Å². The molecule has 0 aliphatic heterocycles. The van der Waals surface area contributed by atoms with Gasteiger partial charge in [-0.25, -0.2) is 0 Å². The number of nitrogens with one attached hydrogen (secondary N) is 2. The van der Waals surface area contributed by atoms with Crippen LogP contribution in [-0.2, 0) is 4.79 Å². The van der Waals surface area contributed by atoms with Gasteiger partial charge in [-0.15, -0.1) is 0 Å². The van der Waals surface area contributed by atoms with Crippen LogP contribution in [0.3, 0.4) is 0 Å². The van der Waals surface area contributed by atoms with E-state index in [-0.39, 0.29) is 11.8 Å². The third-order valence-corrected chi connectivity index (χ3v) is 3.69. The average Bonchev–Trinajstić information content (AvgIpc) is 3.00. The molecular weight excluding hydrogens is 262 g/mol. The first-order valence-electron chi connectivity index (χ1n) is 6.96. The quantitative estimate of drug-likeness (QED) is 0.771. The Morgan fingerprint density at radius 3 is 2.95 bits per heavy atom. The predicted octanol–water partition coefficient (Wildman–Crippen LogP) is 2.83. The van der Waals surface area contributed by atoms with Crippen molar-refractivity contribution < 1.29 is 4.79 Å². The fourth-order valence-electron chi connectivity index (χ4n) is 2.54. The Hall–Kier alpha value is -2.62. The molecule has 2 heterocycles. The van der Waals surface area contributed by atoms with Gasteiger partial charge in [0.2, 0.25) is 5.91 Å². The van der Waals surface area contributed by atoms with E-state index in [9.17, 15) is 4.79 Å². The molecule has 1 amide bonds. The number of nitrogens with zero attached hydrogens (tertiary/aromatic N) is 1. The number of aromatic nitrogens is 2. The van der Waals surface area contributed by atoms with Gasteiger partial charge in [-0.1, -0.05) is 18.2 Å². The molecule has 3 rings (SSSR count). The molecule has 3 aromatic rings. The molecule has 0 saturated heterocycles. The van der Waals surface area contributed by atoms with Crippen LogP contribution >= 0.6 is 0 Å². The molecule has 1 unspecified atom stereocenters. The van der Waals surface area contributed by atoms with Gasteiger partial charge < -0.3 is 10.3 Å². The van der Waals surface area contributed by atoms with Gasteiger partial charge in [-0.2, -0.15) is 0 Å². The maximum absolute atomic E-state index is 11.8. The Morgan fingerprint density at radius 1 is 1.29 bits per heavy atom. The van der Waals surface area contributed by atoms with Crippen molar-refractivity contribution in [3.05, 3.63) is 66.1 Å². The maximum Gasteiger partial charge on any atom is 0.220 e. The molecule has 0 fully saturated rings. The van der Waals surface area contributed by atoms with Crippen molar-refractivity contribution in [1.29, 1.82) is 0 Å². The van der Waals surface area contributed by atoms with Crippen LogP contribution in [-0.4, -0.2) is 22.9 Å². The molecule has 1 aromatic carbocycles. The molecular formula is C17H17N3O. The van der Waals surface area contributed by atoms with Crippen molar-refractivity contribution in [2.24, 2.45) is 0 Å². The Morgan fingerprint density at radius 2 is 2.19 bits per heavy atom. The largest absolute Gasteiger partial charge is 0.361 e. The van der Waals surface area contributed by atoms with Crippen molar-refractivity contribution in [3.63, 3.8) is 0 Å². The van der Waals surface area contributed by atoms with Gasteiger partial charge in [0.25, 0.3) is 0 Å². The number of carbonyl (C=O) groups is 1. The molecule has 0 spiro atoms. The zero-order valence-corrected chi connectivity index (χ0v) is 11.8. The molecule has 106 valence electrons. The lowest BCUT2D eigenvalue weighted by Crippen LogP contribution is -2.21. The number of fused-ring (bicyclic) bond motifs is 1. The summed E-state index contributed by atoms with van der Waals surface area (Å²) < 4.78 is 0. The second-order valence-corrected chi connectivity index (χ2v) is 5.01. The Balaban J connectivity index is 2.03. The molecule has 0 radical (unpaired) electrons. The molecule has 2 N–H and O–H groups in total. The number of aromatic amines is 1. The topological polar surface area (TPSA) is 57.8 Å². The summed E-state index contributed by atoms with van der Waals surface area (Å²) in [4.78, 5) is 19.5. The summed E-state index contributed by atoms with van der Waals surface area (Å²) in [5, 5.41) is 3.86. The smallest absolute Gasteiger partial charge is 0.220 e. The van der Waals surface area contributed by atoms with Crippen LogP contribution in [0.25, 0.3) is 10.9 Å². The highest BCUT2D eigenvalue weighted by atomic mass is 16.1. The van der Waals surface area contributed by atoms with E-state index in [2.05, 4.69) is 33.5 Å². The third-order valence-electron chi connectivity index (χ3n) is 3.69. The van der Waals surface area contributed by atoms with Gasteiger partial charge >= 0.3 is 0 Å². The van der Waals surface area contributed by atoms with Gasteiger partial charge in [0.05, 0.1) is 0 Å². The summed E-state index contributed by atoms with van der Waals surface area (Å²) in [5.41, 5.74) is 3.07. The molecule has 0 aliphatic carbocycles. The molecule has 4 nitrogen and oxygen atoms in total. The Bertz CT molecular complexity index is 749. The highest BCUT2D eigenvalue weighted by Crippen LogP contribution is 2.28. The summed E-state index contributed by atoms with van der Waals surface area (Å²) >= 11 is 0. The lowest BCUT2D eigenvalue weighted by molar-refractivity contribution is -0.120. The minimum atomic E-state index is -0.0427. The highest BCUT2D eigenvalue weighted by molar-refractivity contribution is 5.81. The Labute approximate surface area is 123 Å². The van der Waals surface area contributed by atoms with E-state index >= 15 is 0 Å². The number of hydrogen-bond acceptors (Lipinski definition) is 2. The average molecular weight is 279 g/mol. The predicted molar refractivity (Wildman–Crippen MR) is 83.1 cm³/mol. The van der Waals surface area contributed by atoms with Crippen LogP contribution in [0, 0.1) is 0 Å². The molecule has 0 aliphatic rings. The monoisotopic (exact) mass is 279 g/mol. The van der Waals surface area contributed by atoms with Gasteiger partial charge in [0.1, 0.15) is 0 Å². The van der Waals surface area contributed by atoms with E-state index in [1.807, 2.05) is 30.5 Å². The second-order valence-electron chi connectivity index (χ2n) is 5.01. The van der Waals surface area contributed by atoms with E-state index in [1.165, 1.54) is 5.39 Å². The number of H-pyrrole nitrogens is 1. The Kier molecular flexibility index (Phi) is 3.69. The van der Waals surface area contributed by atoms with Crippen LogP contribution in [0.2, 0.25) is 0 Å². The minimum absolute atomic E-state index is 0.0113. The van der Waals surface area contributed by atoms with Crippen molar-refractivity contribution >= 4 is 16.8 Å². The third kappa shape index (κ3) is 2.79. The van der Waals surface area contributed by atoms with Gasteiger partial charge in [0.15, 0.2) is 0 Å². The summed E-state index contributed by atoms with van der Waals surface area (Å²) in [7, 11) is 1.66. The van der Waals surface area contributed by atoms with Gasteiger partial charge in [-0.05, 0) is 35.2 Å². The first-order chi connectivity index (χ1) is 10.3. The van der Waals surface area contributed by atoms with Crippen LogP contribution < -0.4 is 5.32 Å². The summed E-state index contributed by atoms with van der Waals surface area (Å²) in [5.74, 6) is -0.0314. The van der Waals surface area contributed by atoms with Gasteiger partial charge in [0, 0.05) is 43.0 Å². The van der Waals surface area contributed by atoms with Crippen molar-refractivity contribution in [1.82, 2.24) is 15.3 Å². The van der Waals surface area contributed by atoms with Crippen LogP contribution in [0.1, 0.15) is 23.6 Å². The van der Waals surface area contributed by atoms with E-state index < -0.39 is 0 Å². The zero-order chi connectivity index (χ0) is 14.7. The second kappa shape index (κ2) is 5.79. The van der Waals surface area contributed by atoms with Crippen LogP contribution in [0.4, 0.5) is 0 Å². The lowest BCUT2D eigenvalue weighted by Gasteiger charge is -2.16. The SMILES string of the molecule is CNC(=O)CC(c1ccc2cc[nH]c2c1)c1ccccn1. The molecule has 0 saturated carbocycles. The number of hydrogen-bond donors (Lipinski definition) is 2. The van der Waals surface area contributed by atoms with Gasteiger partial charge in [-0.3, -0.25) is 9.78 Å². The fraction of sp³-hybridized carbons (Fsp3) is 0.176. The highest BCUT2D eigenvalue weighted by Gasteiger charge is 2.19. The normalized spacial score (nSPS) is 12.2. The molecule has 4 heteroatoms. The van der Waals surface area contributed by atoms with Crippen LogP contribution in [0.15, 0.2) is 54.9 Å². The van der Waals surface area contributed by atoms with E-state index in [0.29, 0.717) is 6.42 Å². The number of rotatable bonds is 4.